The first-order valence-electron chi connectivity index (χ1n) is 7.03. The van der Waals surface area contributed by atoms with Gasteiger partial charge in [0.15, 0.2) is 0 Å². The molecule has 0 saturated carbocycles. The number of hydrogen-bond donors (Lipinski definition) is 0. The Morgan fingerprint density at radius 1 is 1.00 bits per heavy atom. The van der Waals surface area contributed by atoms with Crippen LogP contribution in [0, 0.1) is 13.8 Å². The minimum atomic E-state index is 0.144. The summed E-state index contributed by atoms with van der Waals surface area (Å²) in [5.74, 6) is 0.144. The van der Waals surface area contributed by atoms with Crippen LogP contribution in [0.1, 0.15) is 23.6 Å². The van der Waals surface area contributed by atoms with Crippen molar-refractivity contribution in [2.45, 2.75) is 27.2 Å². The molecule has 2 aromatic carbocycles. The lowest BCUT2D eigenvalue weighted by Crippen LogP contribution is -2.32. The van der Waals surface area contributed by atoms with Gasteiger partial charge in [0.1, 0.15) is 0 Å². The lowest BCUT2D eigenvalue weighted by molar-refractivity contribution is -0.117. The highest BCUT2D eigenvalue weighted by atomic mass is 16.2. The Morgan fingerprint density at radius 3 is 2.25 bits per heavy atom. The van der Waals surface area contributed by atoms with E-state index in [-0.39, 0.29) is 5.91 Å². The van der Waals surface area contributed by atoms with E-state index in [2.05, 4.69) is 6.92 Å². The number of rotatable bonds is 4. The third-order valence-electron chi connectivity index (χ3n) is 3.50. The SMILES string of the molecule is CCN(C(=O)Cc1ccc(C)cc1)c1ccccc1C. The molecule has 1 amide bonds. The summed E-state index contributed by atoms with van der Waals surface area (Å²) < 4.78 is 0. The van der Waals surface area contributed by atoms with E-state index in [9.17, 15) is 4.79 Å². The second kappa shape index (κ2) is 6.38. The van der Waals surface area contributed by atoms with Crippen LogP contribution >= 0.6 is 0 Å². The van der Waals surface area contributed by atoms with E-state index < -0.39 is 0 Å². The predicted molar refractivity (Wildman–Crippen MR) is 84.1 cm³/mol. The molecule has 0 spiro atoms. The van der Waals surface area contributed by atoms with Crippen molar-refractivity contribution in [1.82, 2.24) is 0 Å². The molecule has 0 aliphatic carbocycles. The number of nitrogens with zero attached hydrogens (tertiary/aromatic N) is 1. The Kier molecular flexibility index (Phi) is 4.57. The zero-order valence-corrected chi connectivity index (χ0v) is 12.4. The Hall–Kier alpha value is -2.09. The number of aryl methyl sites for hydroxylation is 2. The number of anilines is 1. The van der Waals surface area contributed by atoms with Crippen LogP contribution in [-0.4, -0.2) is 12.5 Å². The van der Waals surface area contributed by atoms with E-state index in [4.69, 9.17) is 0 Å². The van der Waals surface area contributed by atoms with Gasteiger partial charge in [-0.25, -0.2) is 0 Å². The largest absolute Gasteiger partial charge is 0.312 e. The van der Waals surface area contributed by atoms with Gasteiger partial charge >= 0.3 is 0 Å². The molecule has 0 fully saturated rings. The fourth-order valence-electron chi connectivity index (χ4n) is 2.32. The molecule has 0 unspecified atom stereocenters. The standard InChI is InChI=1S/C18H21NO/c1-4-19(17-8-6-5-7-15(17)3)18(20)13-16-11-9-14(2)10-12-16/h5-12H,4,13H2,1-3H3. The first kappa shape index (κ1) is 14.3. The van der Waals surface area contributed by atoms with Crippen molar-refractivity contribution >= 4 is 11.6 Å². The topological polar surface area (TPSA) is 20.3 Å². The maximum Gasteiger partial charge on any atom is 0.231 e. The number of carbonyl (C=O) groups is 1. The summed E-state index contributed by atoms with van der Waals surface area (Å²) in [6, 6.07) is 16.2. The number of hydrogen-bond acceptors (Lipinski definition) is 1. The highest BCUT2D eigenvalue weighted by Crippen LogP contribution is 2.20. The van der Waals surface area contributed by atoms with Crippen molar-refractivity contribution in [3.63, 3.8) is 0 Å². The van der Waals surface area contributed by atoms with Crippen LogP contribution < -0.4 is 4.90 Å². The molecule has 0 aliphatic rings. The van der Waals surface area contributed by atoms with Crippen LogP contribution in [0.4, 0.5) is 5.69 Å². The minimum Gasteiger partial charge on any atom is -0.312 e. The molecule has 0 atom stereocenters. The Balaban J connectivity index is 2.18. The predicted octanol–water partition coefficient (Wildman–Crippen LogP) is 3.90. The van der Waals surface area contributed by atoms with E-state index in [0.29, 0.717) is 13.0 Å². The highest BCUT2D eigenvalue weighted by molar-refractivity contribution is 5.95. The van der Waals surface area contributed by atoms with Gasteiger partial charge in [-0.05, 0) is 38.0 Å². The van der Waals surface area contributed by atoms with E-state index >= 15 is 0 Å². The quantitative estimate of drug-likeness (QED) is 0.822. The molecular formula is C18H21NO. The number of benzene rings is 2. The highest BCUT2D eigenvalue weighted by Gasteiger charge is 2.15. The normalized spacial score (nSPS) is 10.3. The number of likely N-dealkylation sites (N-methyl/N-ethyl adjacent to an activating group) is 1. The average molecular weight is 267 g/mol. The average Bonchev–Trinajstić information content (AvgIpc) is 2.44. The summed E-state index contributed by atoms with van der Waals surface area (Å²) >= 11 is 0. The van der Waals surface area contributed by atoms with E-state index in [1.54, 1.807) is 0 Å². The zero-order valence-electron chi connectivity index (χ0n) is 12.4. The summed E-state index contributed by atoms with van der Waals surface area (Å²) in [7, 11) is 0. The lowest BCUT2D eigenvalue weighted by atomic mass is 10.1. The van der Waals surface area contributed by atoms with Gasteiger partial charge in [0.05, 0.1) is 6.42 Å². The van der Waals surface area contributed by atoms with Gasteiger partial charge in [0.2, 0.25) is 5.91 Å². The lowest BCUT2D eigenvalue weighted by Gasteiger charge is -2.23. The maximum atomic E-state index is 12.5. The van der Waals surface area contributed by atoms with Crippen LogP contribution in [0.3, 0.4) is 0 Å². The third kappa shape index (κ3) is 3.27. The first-order chi connectivity index (χ1) is 9.61. The summed E-state index contributed by atoms with van der Waals surface area (Å²) in [4.78, 5) is 14.4. The second-order valence-corrected chi connectivity index (χ2v) is 5.09. The smallest absolute Gasteiger partial charge is 0.231 e. The van der Waals surface area contributed by atoms with Crippen LogP contribution in [0.5, 0.6) is 0 Å². The van der Waals surface area contributed by atoms with Crippen molar-refractivity contribution in [2.24, 2.45) is 0 Å². The summed E-state index contributed by atoms with van der Waals surface area (Å²) in [5, 5.41) is 0. The summed E-state index contributed by atoms with van der Waals surface area (Å²) in [6.07, 6.45) is 0.447. The first-order valence-corrected chi connectivity index (χ1v) is 7.03. The van der Waals surface area contributed by atoms with Gasteiger partial charge in [0.25, 0.3) is 0 Å². The Bertz CT molecular complexity index is 587. The monoisotopic (exact) mass is 267 g/mol. The maximum absolute atomic E-state index is 12.5. The molecule has 2 nitrogen and oxygen atoms in total. The Labute approximate surface area is 121 Å². The molecule has 104 valence electrons. The van der Waals surface area contributed by atoms with E-state index in [1.165, 1.54) is 5.56 Å². The van der Waals surface area contributed by atoms with Gasteiger partial charge in [0, 0.05) is 12.2 Å². The summed E-state index contributed by atoms with van der Waals surface area (Å²) in [6.45, 7) is 6.80. The van der Waals surface area contributed by atoms with E-state index in [0.717, 1.165) is 16.8 Å². The fourth-order valence-corrected chi connectivity index (χ4v) is 2.32. The second-order valence-electron chi connectivity index (χ2n) is 5.09. The van der Waals surface area contributed by atoms with Crippen molar-refractivity contribution in [3.05, 3.63) is 65.2 Å². The van der Waals surface area contributed by atoms with Gasteiger partial charge in [-0.2, -0.15) is 0 Å². The number of carbonyl (C=O) groups excluding carboxylic acids is 1. The molecule has 0 N–H and O–H groups in total. The third-order valence-corrected chi connectivity index (χ3v) is 3.50. The van der Waals surface area contributed by atoms with Gasteiger partial charge < -0.3 is 4.90 Å². The van der Waals surface area contributed by atoms with Crippen LogP contribution in [0.2, 0.25) is 0 Å². The molecule has 0 bridgehead atoms. The molecule has 2 rings (SSSR count). The van der Waals surface area contributed by atoms with Gasteiger partial charge in [-0.3, -0.25) is 4.79 Å². The van der Waals surface area contributed by atoms with Crippen molar-refractivity contribution in [1.29, 1.82) is 0 Å². The molecule has 2 heteroatoms. The minimum absolute atomic E-state index is 0.144. The van der Waals surface area contributed by atoms with Crippen LogP contribution in [0.15, 0.2) is 48.5 Å². The van der Waals surface area contributed by atoms with Crippen molar-refractivity contribution < 1.29 is 4.79 Å². The summed E-state index contributed by atoms with van der Waals surface area (Å²) in [5.41, 5.74) is 4.42. The zero-order chi connectivity index (χ0) is 14.5. The molecule has 0 saturated heterocycles. The molecule has 0 aliphatic heterocycles. The molecule has 2 aromatic rings. The van der Waals surface area contributed by atoms with E-state index in [1.807, 2.05) is 67.3 Å². The molecular weight excluding hydrogens is 246 g/mol. The van der Waals surface area contributed by atoms with Crippen LogP contribution in [-0.2, 0) is 11.2 Å². The van der Waals surface area contributed by atoms with Gasteiger partial charge in [-0.15, -0.1) is 0 Å². The van der Waals surface area contributed by atoms with Gasteiger partial charge in [-0.1, -0.05) is 48.0 Å². The Morgan fingerprint density at radius 2 is 1.65 bits per heavy atom. The van der Waals surface area contributed by atoms with Crippen LogP contribution in [0.25, 0.3) is 0 Å². The molecule has 0 radical (unpaired) electrons. The fraction of sp³-hybridized carbons (Fsp3) is 0.278. The van der Waals surface area contributed by atoms with Crippen molar-refractivity contribution in [2.75, 3.05) is 11.4 Å². The van der Waals surface area contributed by atoms with Crippen molar-refractivity contribution in [3.8, 4) is 0 Å². The molecule has 0 aromatic heterocycles. The molecule has 20 heavy (non-hydrogen) atoms. The number of para-hydroxylation sites is 1. The number of amides is 1. The molecule has 0 heterocycles.